The monoisotopic (exact) mass is 456 g/mol. The van der Waals surface area contributed by atoms with Gasteiger partial charge in [-0.25, -0.2) is 9.18 Å². The van der Waals surface area contributed by atoms with Crippen molar-refractivity contribution in [1.82, 2.24) is 10.6 Å². The average molecular weight is 456 g/mol. The number of hydrogen-bond donors (Lipinski definition) is 2. The zero-order valence-corrected chi connectivity index (χ0v) is 20.8. The molecule has 1 saturated carbocycles. The van der Waals surface area contributed by atoms with Gasteiger partial charge in [0, 0.05) is 18.3 Å². The van der Waals surface area contributed by atoms with E-state index in [0.29, 0.717) is 12.0 Å². The zero-order chi connectivity index (χ0) is 24.0. The van der Waals surface area contributed by atoms with Crippen LogP contribution >= 0.6 is 0 Å². The highest BCUT2D eigenvalue weighted by atomic mass is 19.1. The number of urea groups is 1. The Morgan fingerprint density at radius 1 is 1.12 bits per heavy atom. The number of nitrogens with one attached hydrogen (secondary N) is 2. The van der Waals surface area contributed by atoms with Gasteiger partial charge in [0.05, 0.1) is 16.9 Å². The van der Waals surface area contributed by atoms with E-state index in [9.17, 15) is 9.18 Å². The molecule has 2 amide bonds. The molecule has 4 rings (SSSR count). The van der Waals surface area contributed by atoms with E-state index in [1.165, 1.54) is 12.8 Å². The molecule has 1 saturated heterocycles. The summed E-state index contributed by atoms with van der Waals surface area (Å²) in [5, 5.41) is 5.59. The Morgan fingerprint density at radius 2 is 1.79 bits per heavy atom. The van der Waals surface area contributed by atoms with Crippen LogP contribution in [0.1, 0.15) is 67.2 Å². The predicted octanol–water partition coefficient (Wildman–Crippen LogP) is 5.83. The van der Waals surface area contributed by atoms with Crippen molar-refractivity contribution >= 4 is 13.1 Å². The van der Waals surface area contributed by atoms with E-state index in [-0.39, 0.29) is 53.5 Å². The second kappa shape index (κ2) is 8.73. The Hall–Kier alpha value is -1.86. The number of rotatable bonds is 6. The Bertz CT molecular complexity index is 900. The molecule has 3 atom stereocenters. The van der Waals surface area contributed by atoms with E-state index < -0.39 is 0 Å². The Labute approximate surface area is 198 Å². The molecule has 3 aliphatic carbocycles. The lowest BCUT2D eigenvalue weighted by atomic mass is 9.66. The van der Waals surface area contributed by atoms with Gasteiger partial charge in [-0.2, -0.15) is 0 Å². The highest BCUT2D eigenvalue weighted by molar-refractivity contribution is 6.48. The van der Waals surface area contributed by atoms with Gasteiger partial charge in [-0.1, -0.05) is 32.1 Å². The third-order valence-corrected chi connectivity index (χ3v) is 8.08. The molecule has 2 fully saturated rings. The van der Waals surface area contributed by atoms with E-state index in [1.54, 1.807) is 6.08 Å². The van der Waals surface area contributed by atoms with Gasteiger partial charge in [0.25, 0.3) is 0 Å². The number of halogens is 1. The van der Waals surface area contributed by atoms with E-state index in [1.807, 2.05) is 13.0 Å². The molecule has 0 radical (unpaired) electrons. The standard InChI is InChI=1S/C26H38BFN2O3/c1-17-14-21(28)22(30-23(31)29-13-12-26(6)10-11-26)16-20(17)18-8-7-9-19(15-18)27-32-24(2,3)25(4,5)33-27/h7-8,14-17,19-20H,9-13H2,1-6H3,(H2,29,30,31). The molecule has 0 bridgehead atoms. The first-order valence-corrected chi connectivity index (χ1v) is 12.3. The van der Waals surface area contributed by atoms with Crippen molar-refractivity contribution in [3.05, 3.63) is 47.5 Å². The first-order valence-electron chi connectivity index (χ1n) is 12.3. The van der Waals surface area contributed by atoms with Crippen LogP contribution in [0.5, 0.6) is 0 Å². The molecule has 2 N–H and O–H groups in total. The van der Waals surface area contributed by atoms with Crippen molar-refractivity contribution in [3.8, 4) is 0 Å². The second-order valence-corrected chi connectivity index (χ2v) is 11.5. The summed E-state index contributed by atoms with van der Waals surface area (Å²) < 4.78 is 27.2. The summed E-state index contributed by atoms with van der Waals surface area (Å²) in [7, 11) is -0.318. The quantitative estimate of drug-likeness (QED) is 0.495. The summed E-state index contributed by atoms with van der Waals surface area (Å²) in [4.78, 5) is 12.4. The largest absolute Gasteiger partial charge is 0.465 e. The van der Waals surface area contributed by atoms with Gasteiger partial charge in [-0.05, 0) is 82.4 Å². The van der Waals surface area contributed by atoms with Gasteiger partial charge < -0.3 is 19.9 Å². The fraction of sp³-hybridized carbons (Fsp3) is 0.654. The summed E-state index contributed by atoms with van der Waals surface area (Å²) in [6.45, 7) is 13.1. The number of amides is 2. The van der Waals surface area contributed by atoms with Crippen molar-refractivity contribution in [2.45, 2.75) is 84.2 Å². The number of carbonyl (C=O) groups is 1. The number of allylic oxidation sites excluding steroid dienone is 7. The summed E-state index contributed by atoms with van der Waals surface area (Å²) >= 11 is 0. The highest BCUT2D eigenvalue weighted by Crippen LogP contribution is 2.47. The number of hydrogen-bond acceptors (Lipinski definition) is 3. The molecule has 33 heavy (non-hydrogen) atoms. The first-order chi connectivity index (χ1) is 15.4. The molecular formula is C26H38BFN2O3. The molecule has 0 aromatic heterocycles. The smallest absolute Gasteiger partial charge is 0.403 e. The van der Waals surface area contributed by atoms with Crippen LogP contribution in [0.4, 0.5) is 9.18 Å². The molecule has 0 spiro atoms. The highest BCUT2D eigenvalue weighted by Gasteiger charge is 2.53. The van der Waals surface area contributed by atoms with Crippen LogP contribution < -0.4 is 10.6 Å². The summed E-state index contributed by atoms with van der Waals surface area (Å²) in [6.07, 6.45) is 14.1. The Morgan fingerprint density at radius 3 is 2.42 bits per heavy atom. The van der Waals surface area contributed by atoms with Crippen LogP contribution in [-0.2, 0) is 9.31 Å². The topological polar surface area (TPSA) is 59.6 Å². The van der Waals surface area contributed by atoms with Crippen molar-refractivity contribution in [1.29, 1.82) is 0 Å². The van der Waals surface area contributed by atoms with Gasteiger partial charge in [0.15, 0.2) is 0 Å². The van der Waals surface area contributed by atoms with Crippen molar-refractivity contribution in [2.75, 3.05) is 6.54 Å². The van der Waals surface area contributed by atoms with Crippen LogP contribution in [0.15, 0.2) is 47.5 Å². The van der Waals surface area contributed by atoms with Gasteiger partial charge >= 0.3 is 13.1 Å². The first kappa shape index (κ1) is 24.3. The molecule has 7 heteroatoms. The molecule has 1 aliphatic heterocycles. The van der Waals surface area contributed by atoms with Crippen LogP contribution in [0.2, 0.25) is 5.82 Å². The third-order valence-electron chi connectivity index (χ3n) is 8.08. The zero-order valence-electron chi connectivity index (χ0n) is 20.8. The molecule has 180 valence electrons. The predicted molar refractivity (Wildman–Crippen MR) is 130 cm³/mol. The third kappa shape index (κ3) is 5.30. The summed E-state index contributed by atoms with van der Waals surface area (Å²) in [6, 6.07) is -0.356. The van der Waals surface area contributed by atoms with Crippen molar-refractivity contribution < 1.29 is 18.5 Å². The lowest BCUT2D eigenvalue weighted by Crippen LogP contribution is -2.41. The normalized spacial score (nSPS) is 31.4. The van der Waals surface area contributed by atoms with Gasteiger partial charge in [-0.15, -0.1) is 0 Å². The van der Waals surface area contributed by atoms with Gasteiger partial charge in [0.1, 0.15) is 5.83 Å². The molecule has 4 aliphatic rings. The molecule has 3 unspecified atom stereocenters. The van der Waals surface area contributed by atoms with E-state index in [0.717, 1.165) is 18.4 Å². The Balaban J connectivity index is 1.43. The summed E-state index contributed by atoms with van der Waals surface area (Å²) in [5.41, 5.74) is 0.950. The van der Waals surface area contributed by atoms with Crippen LogP contribution in [0.25, 0.3) is 0 Å². The SMILES string of the molecule is CC1C=C(F)C(NC(=O)NCCC2(C)CC2)=CC1C1=CC(B2OC(C)(C)C(C)(C)O2)CC=C1. The van der Waals surface area contributed by atoms with Crippen LogP contribution in [0, 0.1) is 17.3 Å². The fourth-order valence-electron chi connectivity index (χ4n) is 4.65. The lowest BCUT2D eigenvalue weighted by molar-refractivity contribution is 0.00578. The minimum atomic E-state index is -0.383. The van der Waals surface area contributed by atoms with Crippen molar-refractivity contribution in [2.24, 2.45) is 17.3 Å². The van der Waals surface area contributed by atoms with Crippen molar-refractivity contribution in [3.63, 3.8) is 0 Å². The average Bonchev–Trinajstić information content (AvgIpc) is 3.40. The lowest BCUT2D eigenvalue weighted by Gasteiger charge is -2.32. The van der Waals surface area contributed by atoms with E-state index in [4.69, 9.17) is 9.31 Å². The van der Waals surface area contributed by atoms with E-state index in [2.05, 4.69) is 63.5 Å². The maximum Gasteiger partial charge on any atom is 0.465 e. The van der Waals surface area contributed by atoms with Gasteiger partial charge in [0.2, 0.25) is 0 Å². The Kier molecular flexibility index (Phi) is 6.43. The maximum atomic E-state index is 14.7. The molecule has 0 aromatic rings. The minimum Gasteiger partial charge on any atom is -0.403 e. The fourth-order valence-corrected chi connectivity index (χ4v) is 4.65. The molecule has 0 aromatic carbocycles. The molecule has 5 nitrogen and oxygen atoms in total. The number of carbonyl (C=O) groups excluding carboxylic acids is 1. The second-order valence-electron chi connectivity index (χ2n) is 11.5. The van der Waals surface area contributed by atoms with Crippen LogP contribution in [0.3, 0.4) is 0 Å². The minimum absolute atomic E-state index is 0.0265. The maximum absolute atomic E-state index is 14.7. The van der Waals surface area contributed by atoms with Crippen LogP contribution in [-0.4, -0.2) is 30.9 Å². The van der Waals surface area contributed by atoms with Gasteiger partial charge in [-0.3, -0.25) is 0 Å². The molecular weight excluding hydrogens is 418 g/mol. The summed E-state index contributed by atoms with van der Waals surface area (Å²) in [5.74, 6) is -0.357. The van der Waals surface area contributed by atoms with E-state index >= 15 is 0 Å². The molecule has 1 heterocycles.